The van der Waals surface area contributed by atoms with Crippen molar-refractivity contribution in [2.45, 2.75) is 46.1 Å². The predicted octanol–water partition coefficient (Wildman–Crippen LogP) is 1.83. The number of hydrogen-bond acceptors (Lipinski definition) is 3. The van der Waals surface area contributed by atoms with Crippen LogP contribution in [-0.4, -0.2) is 22.6 Å². The van der Waals surface area contributed by atoms with Gasteiger partial charge in [-0.3, -0.25) is 4.79 Å². The minimum absolute atomic E-state index is 0.277. The number of aliphatic carboxylic acids is 1. The molecule has 1 N–H and O–H groups in total. The van der Waals surface area contributed by atoms with E-state index in [1.54, 1.807) is 20.8 Å². The Kier molecular flexibility index (Phi) is 2.81. The van der Waals surface area contributed by atoms with Crippen molar-refractivity contribution < 1.29 is 19.4 Å². The summed E-state index contributed by atoms with van der Waals surface area (Å²) in [4.78, 5) is 22.8. The Morgan fingerprint density at radius 2 is 2.13 bits per heavy atom. The van der Waals surface area contributed by atoms with Crippen molar-refractivity contribution in [3.8, 4) is 0 Å². The molecule has 2 atom stereocenters. The van der Waals surface area contributed by atoms with Gasteiger partial charge in [0.2, 0.25) is 5.60 Å². The van der Waals surface area contributed by atoms with E-state index in [0.717, 1.165) is 0 Å². The number of hydrogen-bond donors (Lipinski definition) is 1. The molecule has 0 spiro atoms. The highest BCUT2D eigenvalue weighted by Gasteiger charge is 2.58. The second-order valence-corrected chi connectivity index (χ2v) is 5.11. The minimum atomic E-state index is -1.36. The summed E-state index contributed by atoms with van der Waals surface area (Å²) in [6.07, 6.45) is 0.908. The Labute approximate surface area is 89.6 Å². The Morgan fingerprint density at radius 3 is 2.33 bits per heavy atom. The van der Waals surface area contributed by atoms with Gasteiger partial charge in [-0.2, -0.15) is 0 Å². The number of carboxylic acid groups (broad SMARTS) is 1. The highest BCUT2D eigenvalue weighted by Crippen LogP contribution is 2.45. The molecule has 86 valence electrons. The molecule has 0 aliphatic carbocycles. The molecule has 0 radical (unpaired) electrons. The van der Waals surface area contributed by atoms with E-state index in [4.69, 9.17) is 4.74 Å². The van der Waals surface area contributed by atoms with E-state index in [1.807, 2.05) is 6.92 Å². The van der Waals surface area contributed by atoms with Crippen molar-refractivity contribution >= 4 is 11.9 Å². The molecule has 1 aliphatic rings. The van der Waals surface area contributed by atoms with Gasteiger partial charge in [0.05, 0.1) is 5.92 Å². The zero-order valence-corrected chi connectivity index (χ0v) is 9.66. The highest BCUT2D eigenvalue weighted by atomic mass is 16.6. The summed E-state index contributed by atoms with van der Waals surface area (Å²) in [7, 11) is 0. The van der Waals surface area contributed by atoms with E-state index in [9.17, 15) is 14.7 Å². The lowest BCUT2D eigenvalue weighted by atomic mass is 9.73. The lowest BCUT2D eigenvalue weighted by molar-refractivity contribution is -0.182. The van der Waals surface area contributed by atoms with Gasteiger partial charge < -0.3 is 9.84 Å². The normalized spacial score (nSPS) is 31.5. The van der Waals surface area contributed by atoms with Gasteiger partial charge >= 0.3 is 11.9 Å². The van der Waals surface area contributed by atoms with Crippen molar-refractivity contribution in [1.29, 1.82) is 0 Å². The first-order valence-corrected chi connectivity index (χ1v) is 5.21. The van der Waals surface area contributed by atoms with Crippen LogP contribution in [0.1, 0.15) is 40.5 Å². The van der Waals surface area contributed by atoms with Gasteiger partial charge in [-0.1, -0.05) is 27.7 Å². The smallest absolute Gasteiger partial charge is 0.348 e. The summed E-state index contributed by atoms with van der Waals surface area (Å²) >= 11 is 0. The number of carbonyl (C=O) groups is 2. The second-order valence-electron chi connectivity index (χ2n) is 5.11. The van der Waals surface area contributed by atoms with Crippen LogP contribution >= 0.6 is 0 Å². The zero-order chi connectivity index (χ0) is 11.9. The van der Waals surface area contributed by atoms with Crippen molar-refractivity contribution in [2.75, 3.05) is 0 Å². The maximum atomic E-state index is 11.5. The molecule has 0 aromatic heterocycles. The average molecular weight is 214 g/mol. The maximum Gasteiger partial charge on any atom is 0.348 e. The lowest BCUT2D eigenvalue weighted by Crippen LogP contribution is -2.49. The fourth-order valence-electron chi connectivity index (χ4n) is 1.95. The topological polar surface area (TPSA) is 63.6 Å². The van der Waals surface area contributed by atoms with Gasteiger partial charge in [-0.15, -0.1) is 0 Å². The lowest BCUT2D eigenvalue weighted by Gasteiger charge is -2.35. The Hall–Kier alpha value is -1.06. The second kappa shape index (κ2) is 3.51. The fourth-order valence-corrected chi connectivity index (χ4v) is 1.95. The largest absolute Gasteiger partial charge is 0.478 e. The van der Waals surface area contributed by atoms with Gasteiger partial charge in [0.15, 0.2) is 0 Å². The monoisotopic (exact) mass is 214 g/mol. The van der Waals surface area contributed by atoms with E-state index >= 15 is 0 Å². The summed E-state index contributed by atoms with van der Waals surface area (Å²) in [5.41, 5.74) is -1.94. The van der Waals surface area contributed by atoms with Crippen molar-refractivity contribution in [3.63, 3.8) is 0 Å². The quantitative estimate of drug-likeness (QED) is 0.712. The number of ether oxygens (including phenoxy) is 1. The first-order chi connectivity index (χ1) is 6.74. The molecular weight excluding hydrogens is 196 g/mol. The molecular formula is C11H18O4. The van der Waals surface area contributed by atoms with E-state index in [-0.39, 0.29) is 18.3 Å². The first kappa shape index (κ1) is 12.0. The third-order valence-electron chi connectivity index (χ3n) is 3.19. The van der Waals surface area contributed by atoms with Crippen LogP contribution in [0, 0.1) is 11.3 Å². The van der Waals surface area contributed by atoms with Crippen LogP contribution in [0.5, 0.6) is 0 Å². The summed E-state index contributed by atoms with van der Waals surface area (Å²) in [5.74, 6) is -1.70. The molecule has 1 fully saturated rings. The molecule has 4 nitrogen and oxygen atoms in total. The molecule has 0 saturated carbocycles. The maximum absolute atomic E-state index is 11.5. The van der Waals surface area contributed by atoms with Crippen molar-refractivity contribution in [3.05, 3.63) is 0 Å². The van der Waals surface area contributed by atoms with Gasteiger partial charge in [-0.05, 0) is 6.42 Å². The van der Waals surface area contributed by atoms with Gasteiger partial charge in [0.1, 0.15) is 0 Å². The molecule has 0 amide bonds. The average Bonchev–Trinajstić information content (AvgIpc) is 2.42. The number of rotatable bonds is 2. The molecule has 0 aromatic rings. The van der Waals surface area contributed by atoms with Crippen LogP contribution in [-0.2, 0) is 14.3 Å². The predicted molar refractivity (Wildman–Crippen MR) is 54.3 cm³/mol. The molecule has 1 aliphatic heterocycles. The molecule has 0 aromatic carbocycles. The van der Waals surface area contributed by atoms with E-state index < -0.39 is 17.0 Å². The van der Waals surface area contributed by atoms with Gasteiger partial charge in [0.25, 0.3) is 0 Å². The van der Waals surface area contributed by atoms with Crippen LogP contribution in [0.25, 0.3) is 0 Å². The zero-order valence-electron chi connectivity index (χ0n) is 9.66. The Morgan fingerprint density at radius 1 is 1.60 bits per heavy atom. The van der Waals surface area contributed by atoms with Crippen LogP contribution in [0.4, 0.5) is 0 Å². The SMILES string of the molecule is CCC1CC(C(=O)O)(C(C)(C)C)OC1=O. The molecule has 2 unspecified atom stereocenters. The van der Waals surface area contributed by atoms with Gasteiger partial charge in [0, 0.05) is 11.8 Å². The number of carbonyl (C=O) groups excluding carboxylic acids is 1. The summed E-state index contributed by atoms with van der Waals surface area (Å²) in [6.45, 7) is 7.22. The van der Waals surface area contributed by atoms with Crippen LogP contribution in [0.2, 0.25) is 0 Å². The summed E-state index contributed by atoms with van der Waals surface area (Å²) < 4.78 is 5.14. The summed E-state index contributed by atoms with van der Waals surface area (Å²) in [5, 5.41) is 9.25. The van der Waals surface area contributed by atoms with Crippen molar-refractivity contribution in [1.82, 2.24) is 0 Å². The molecule has 1 rings (SSSR count). The molecule has 1 heterocycles. The third kappa shape index (κ3) is 1.73. The third-order valence-corrected chi connectivity index (χ3v) is 3.19. The molecule has 4 heteroatoms. The van der Waals surface area contributed by atoms with Crippen LogP contribution in [0.15, 0.2) is 0 Å². The van der Waals surface area contributed by atoms with Gasteiger partial charge in [-0.25, -0.2) is 4.79 Å². The Bertz CT molecular complexity index is 289. The van der Waals surface area contributed by atoms with Crippen molar-refractivity contribution in [2.24, 2.45) is 11.3 Å². The molecule has 15 heavy (non-hydrogen) atoms. The van der Waals surface area contributed by atoms with E-state index in [1.165, 1.54) is 0 Å². The minimum Gasteiger partial charge on any atom is -0.478 e. The van der Waals surface area contributed by atoms with Crippen LogP contribution < -0.4 is 0 Å². The number of esters is 1. The fraction of sp³-hybridized carbons (Fsp3) is 0.818. The summed E-state index contributed by atoms with van der Waals surface area (Å²) in [6, 6.07) is 0. The molecule has 0 bridgehead atoms. The standard InChI is InChI=1S/C11H18O4/c1-5-7-6-11(9(13)14,10(2,3)4)15-8(7)12/h7H,5-6H2,1-4H3,(H,13,14). The Balaban J connectivity index is 3.08. The van der Waals surface area contributed by atoms with E-state index in [0.29, 0.717) is 6.42 Å². The van der Waals surface area contributed by atoms with E-state index in [2.05, 4.69) is 0 Å². The molecule has 1 saturated heterocycles. The van der Waals surface area contributed by atoms with Crippen LogP contribution in [0.3, 0.4) is 0 Å². The highest BCUT2D eigenvalue weighted by molar-refractivity contribution is 5.87. The number of cyclic esters (lactones) is 1. The number of carboxylic acids is 1. The first-order valence-electron chi connectivity index (χ1n) is 5.21.